The zero-order valence-electron chi connectivity index (χ0n) is 15.3. The predicted molar refractivity (Wildman–Crippen MR) is 103 cm³/mol. The van der Waals surface area contributed by atoms with Crippen molar-refractivity contribution in [3.05, 3.63) is 71.3 Å². The van der Waals surface area contributed by atoms with Gasteiger partial charge >= 0.3 is 0 Å². The average molecular weight is 352 g/mol. The van der Waals surface area contributed by atoms with Crippen molar-refractivity contribution < 1.29 is 14.3 Å². The van der Waals surface area contributed by atoms with Gasteiger partial charge in [-0.2, -0.15) is 0 Å². The third kappa shape index (κ3) is 6.43. The summed E-state index contributed by atoms with van der Waals surface area (Å²) in [6, 6.07) is 15.3. The molecule has 0 unspecified atom stereocenters. The Kier molecular flexibility index (Phi) is 6.97. The van der Waals surface area contributed by atoms with E-state index in [0.717, 1.165) is 11.1 Å². The van der Waals surface area contributed by atoms with E-state index >= 15 is 0 Å². The van der Waals surface area contributed by atoms with E-state index in [2.05, 4.69) is 24.7 Å². The first kappa shape index (κ1) is 19.2. The molecule has 2 N–H and O–H groups in total. The van der Waals surface area contributed by atoms with Crippen molar-refractivity contribution >= 4 is 17.9 Å². The van der Waals surface area contributed by atoms with E-state index in [1.807, 2.05) is 55.5 Å². The van der Waals surface area contributed by atoms with Crippen LogP contribution in [-0.4, -0.2) is 18.4 Å². The lowest BCUT2D eigenvalue weighted by Gasteiger charge is -2.09. The Labute approximate surface area is 154 Å². The van der Waals surface area contributed by atoms with E-state index in [1.54, 1.807) is 6.08 Å². The monoisotopic (exact) mass is 352 g/mol. The van der Waals surface area contributed by atoms with Gasteiger partial charge in [0.2, 0.25) is 0 Å². The summed E-state index contributed by atoms with van der Waals surface area (Å²) in [6.07, 6.45) is 3.03. The number of rotatable bonds is 6. The molecule has 0 heterocycles. The molecule has 136 valence electrons. The largest absolute Gasteiger partial charge is 0.484 e. The van der Waals surface area contributed by atoms with Gasteiger partial charge in [0.1, 0.15) is 5.75 Å². The fourth-order valence-electron chi connectivity index (χ4n) is 2.16. The molecule has 2 aromatic rings. The normalized spacial score (nSPS) is 10.8. The van der Waals surface area contributed by atoms with Crippen molar-refractivity contribution in [2.24, 2.45) is 0 Å². The van der Waals surface area contributed by atoms with E-state index in [9.17, 15) is 9.59 Å². The summed E-state index contributed by atoms with van der Waals surface area (Å²) in [4.78, 5) is 23.4. The van der Waals surface area contributed by atoms with Crippen LogP contribution in [-0.2, 0) is 9.59 Å². The van der Waals surface area contributed by atoms with Crippen LogP contribution >= 0.6 is 0 Å². The van der Waals surface area contributed by atoms with Crippen molar-refractivity contribution in [3.63, 3.8) is 0 Å². The Balaban J connectivity index is 1.72. The smallest absolute Gasteiger partial charge is 0.276 e. The Hall–Kier alpha value is -3.08. The summed E-state index contributed by atoms with van der Waals surface area (Å²) < 4.78 is 5.39. The summed E-state index contributed by atoms with van der Waals surface area (Å²) in [6.45, 7) is 6.04. The van der Waals surface area contributed by atoms with Crippen molar-refractivity contribution in [1.82, 2.24) is 10.9 Å². The zero-order chi connectivity index (χ0) is 18.9. The zero-order valence-corrected chi connectivity index (χ0v) is 15.3. The topological polar surface area (TPSA) is 67.4 Å². The maximum atomic E-state index is 11.7. The number of carbonyl (C=O) groups excluding carboxylic acids is 2. The van der Waals surface area contributed by atoms with Gasteiger partial charge < -0.3 is 4.74 Å². The molecule has 2 aromatic carbocycles. The Morgan fingerprint density at radius 1 is 1.00 bits per heavy atom. The number of ether oxygens (including phenoxy) is 1. The Morgan fingerprint density at radius 3 is 2.27 bits per heavy atom. The van der Waals surface area contributed by atoms with E-state index in [-0.39, 0.29) is 6.61 Å². The third-order valence-corrected chi connectivity index (χ3v) is 3.75. The highest BCUT2D eigenvalue weighted by atomic mass is 16.5. The number of amides is 2. The van der Waals surface area contributed by atoms with Gasteiger partial charge in [-0.15, -0.1) is 0 Å². The molecule has 0 spiro atoms. The molecule has 0 aliphatic carbocycles. The van der Waals surface area contributed by atoms with Crippen LogP contribution in [0.2, 0.25) is 0 Å². The van der Waals surface area contributed by atoms with Crippen LogP contribution in [0.1, 0.15) is 36.5 Å². The minimum Gasteiger partial charge on any atom is -0.484 e. The number of carbonyl (C=O) groups is 2. The fraction of sp³-hybridized carbons (Fsp3) is 0.238. The molecule has 26 heavy (non-hydrogen) atoms. The van der Waals surface area contributed by atoms with Crippen LogP contribution in [0.25, 0.3) is 6.08 Å². The number of hydrogen-bond donors (Lipinski definition) is 2. The number of nitrogens with one attached hydrogen (secondary N) is 2. The van der Waals surface area contributed by atoms with E-state index in [4.69, 9.17) is 4.74 Å². The second kappa shape index (κ2) is 9.42. The molecule has 0 radical (unpaired) electrons. The Morgan fingerprint density at radius 2 is 1.65 bits per heavy atom. The molecule has 2 rings (SSSR count). The van der Waals surface area contributed by atoms with Crippen LogP contribution in [0.5, 0.6) is 5.75 Å². The van der Waals surface area contributed by atoms with Crippen LogP contribution in [0.15, 0.2) is 54.6 Å². The van der Waals surface area contributed by atoms with Crippen LogP contribution < -0.4 is 15.6 Å². The SMILES string of the molecule is Cc1ccc(C=CC(=O)NNC(=O)COc2ccc(C(C)C)cc2)cc1. The molecular formula is C21H24N2O3. The summed E-state index contributed by atoms with van der Waals surface area (Å²) in [5.74, 6) is 0.195. The van der Waals surface area contributed by atoms with Gasteiger partial charge in [0.05, 0.1) is 0 Å². The van der Waals surface area contributed by atoms with Gasteiger partial charge in [0, 0.05) is 6.08 Å². The van der Waals surface area contributed by atoms with E-state index < -0.39 is 11.8 Å². The highest BCUT2D eigenvalue weighted by molar-refractivity contribution is 5.93. The molecular weight excluding hydrogens is 328 g/mol. The number of hydrazine groups is 1. The van der Waals surface area contributed by atoms with Gasteiger partial charge in [0.25, 0.3) is 11.8 Å². The van der Waals surface area contributed by atoms with Crippen molar-refractivity contribution in [2.45, 2.75) is 26.7 Å². The molecule has 5 heteroatoms. The highest BCUT2D eigenvalue weighted by Gasteiger charge is 2.05. The molecule has 0 atom stereocenters. The van der Waals surface area contributed by atoms with Gasteiger partial charge in [0.15, 0.2) is 6.61 Å². The maximum absolute atomic E-state index is 11.7. The lowest BCUT2D eigenvalue weighted by Crippen LogP contribution is -2.43. The Bertz CT molecular complexity index is 763. The average Bonchev–Trinajstić information content (AvgIpc) is 2.64. The van der Waals surface area contributed by atoms with E-state index in [0.29, 0.717) is 11.7 Å². The van der Waals surface area contributed by atoms with Crippen molar-refractivity contribution in [2.75, 3.05) is 6.61 Å². The van der Waals surface area contributed by atoms with Gasteiger partial charge in [-0.05, 0) is 42.2 Å². The molecule has 0 aliphatic heterocycles. The summed E-state index contributed by atoms with van der Waals surface area (Å²) in [5.41, 5.74) is 7.89. The lowest BCUT2D eigenvalue weighted by atomic mass is 10.0. The summed E-state index contributed by atoms with van der Waals surface area (Å²) >= 11 is 0. The van der Waals surface area contributed by atoms with Crippen LogP contribution in [0.4, 0.5) is 0 Å². The summed E-state index contributed by atoms with van der Waals surface area (Å²) in [7, 11) is 0. The molecule has 0 saturated carbocycles. The molecule has 0 aliphatic rings. The molecule has 2 amide bonds. The quantitative estimate of drug-likeness (QED) is 0.619. The first-order valence-corrected chi connectivity index (χ1v) is 8.50. The fourth-order valence-corrected chi connectivity index (χ4v) is 2.16. The van der Waals surface area contributed by atoms with Crippen molar-refractivity contribution in [1.29, 1.82) is 0 Å². The summed E-state index contributed by atoms with van der Waals surface area (Å²) in [5, 5.41) is 0. The van der Waals surface area contributed by atoms with E-state index in [1.165, 1.54) is 11.6 Å². The van der Waals surface area contributed by atoms with Gasteiger partial charge in [-0.3, -0.25) is 20.4 Å². The number of aryl methyl sites for hydroxylation is 1. The van der Waals surface area contributed by atoms with Gasteiger partial charge in [-0.1, -0.05) is 55.8 Å². The molecule has 5 nitrogen and oxygen atoms in total. The molecule has 0 saturated heterocycles. The minimum atomic E-state index is -0.435. The molecule has 0 fully saturated rings. The standard InChI is InChI=1S/C21H24N2O3/c1-15(2)18-9-11-19(12-10-18)26-14-21(25)23-22-20(24)13-8-17-6-4-16(3)5-7-17/h4-13,15H,14H2,1-3H3,(H,22,24)(H,23,25). The number of hydrogen-bond acceptors (Lipinski definition) is 3. The lowest BCUT2D eigenvalue weighted by molar-refractivity contribution is -0.128. The van der Waals surface area contributed by atoms with Crippen LogP contribution in [0.3, 0.4) is 0 Å². The van der Waals surface area contributed by atoms with Gasteiger partial charge in [-0.25, -0.2) is 0 Å². The first-order valence-electron chi connectivity index (χ1n) is 8.50. The maximum Gasteiger partial charge on any atom is 0.276 e. The second-order valence-electron chi connectivity index (χ2n) is 6.29. The first-order chi connectivity index (χ1) is 12.4. The minimum absolute atomic E-state index is 0.178. The predicted octanol–water partition coefficient (Wildman–Crippen LogP) is 3.36. The molecule has 0 aromatic heterocycles. The highest BCUT2D eigenvalue weighted by Crippen LogP contribution is 2.18. The second-order valence-corrected chi connectivity index (χ2v) is 6.29. The van der Waals surface area contributed by atoms with Crippen molar-refractivity contribution in [3.8, 4) is 5.75 Å². The van der Waals surface area contributed by atoms with Crippen LogP contribution in [0, 0.1) is 6.92 Å². The number of benzene rings is 2. The molecule has 0 bridgehead atoms. The third-order valence-electron chi connectivity index (χ3n) is 3.75.